The first-order valence-corrected chi connectivity index (χ1v) is 7.64. The third-order valence-electron chi connectivity index (χ3n) is 3.77. The molecule has 1 fully saturated rings. The zero-order valence-electron chi connectivity index (χ0n) is 13.3. The first-order valence-electron chi connectivity index (χ1n) is 7.64. The summed E-state index contributed by atoms with van der Waals surface area (Å²) in [5.41, 5.74) is 0.738. The van der Waals surface area contributed by atoms with Gasteiger partial charge in [0.1, 0.15) is 19.3 Å². The van der Waals surface area contributed by atoms with Crippen LogP contribution < -0.4 is 4.90 Å². The van der Waals surface area contributed by atoms with E-state index in [9.17, 15) is 22.8 Å². The smallest absolute Gasteiger partial charge is 0.362 e. The Bertz CT molecular complexity index is 578. The number of carbonyl (C=O) groups is 2. The summed E-state index contributed by atoms with van der Waals surface area (Å²) in [4.78, 5) is 27.5. The van der Waals surface area contributed by atoms with Crippen LogP contribution in [0.5, 0.6) is 0 Å². The minimum Gasteiger partial charge on any atom is -0.362 e. The molecule has 2 rings (SSSR count). The highest BCUT2D eigenvalue weighted by molar-refractivity contribution is 6.01. The van der Waals surface area contributed by atoms with Gasteiger partial charge >= 0.3 is 6.18 Å². The molecule has 0 bridgehead atoms. The average Bonchev–Trinajstić information content (AvgIpc) is 2.89. The van der Waals surface area contributed by atoms with Crippen molar-refractivity contribution in [2.45, 2.75) is 25.6 Å². The van der Waals surface area contributed by atoms with Gasteiger partial charge < -0.3 is 14.5 Å². The van der Waals surface area contributed by atoms with Crippen molar-refractivity contribution < 1.29 is 27.5 Å². The highest BCUT2D eigenvalue weighted by Crippen LogP contribution is 2.24. The van der Waals surface area contributed by atoms with E-state index in [1.54, 1.807) is 24.0 Å². The van der Waals surface area contributed by atoms with E-state index in [-0.39, 0.29) is 12.5 Å². The molecule has 1 aliphatic rings. The molecule has 1 atom stereocenters. The maximum Gasteiger partial charge on any atom is 0.411 e. The predicted molar refractivity (Wildman–Crippen MR) is 81.5 cm³/mol. The molecule has 1 aliphatic heterocycles. The number of benzene rings is 1. The highest BCUT2D eigenvalue weighted by atomic mass is 19.4. The number of alkyl halides is 3. The van der Waals surface area contributed by atoms with Crippen LogP contribution in [0.15, 0.2) is 30.3 Å². The van der Waals surface area contributed by atoms with Crippen LogP contribution in [0.2, 0.25) is 0 Å². The lowest BCUT2D eigenvalue weighted by Gasteiger charge is -2.27. The first-order chi connectivity index (χ1) is 11.3. The van der Waals surface area contributed by atoms with Gasteiger partial charge in [-0.05, 0) is 25.5 Å². The monoisotopic (exact) mass is 344 g/mol. The van der Waals surface area contributed by atoms with Crippen molar-refractivity contribution in [3.05, 3.63) is 30.3 Å². The van der Waals surface area contributed by atoms with Crippen LogP contribution in [0.3, 0.4) is 0 Å². The maximum atomic E-state index is 12.6. The fourth-order valence-corrected chi connectivity index (χ4v) is 2.73. The number of anilines is 1. The summed E-state index contributed by atoms with van der Waals surface area (Å²) in [7, 11) is 0. The molecule has 24 heavy (non-hydrogen) atoms. The summed E-state index contributed by atoms with van der Waals surface area (Å²) < 4.78 is 40.6. The van der Waals surface area contributed by atoms with Crippen molar-refractivity contribution in [1.82, 2.24) is 4.90 Å². The Morgan fingerprint density at radius 3 is 2.58 bits per heavy atom. The molecule has 0 unspecified atom stereocenters. The van der Waals surface area contributed by atoms with E-state index in [0.717, 1.165) is 5.69 Å². The van der Waals surface area contributed by atoms with E-state index in [1.807, 2.05) is 18.2 Å². The van der Waals surface area contributed by atoms with Crippen molar-refractivity contribution in [3.63, 3.8) is 0 Å². The van der Waals surface area contributed by atoms with Gasteiger partial charge in [-0.2, -0.15) is 13.2 Å². The fourth-order valence-electron chi connectivity index (χ4n) is 2.73. The van der Waals surface area contributed by atoms with Gasteiger partial charge in [0.05, 0.1) is 0 Å². The molecule has 1 aromatic rings. The summed E-state index contributed by atoms with van der Waals surface area (Å²) in [5, 5.41) is 0. The molecule has 5 nitrogen and oxygen atoms in total. The molecular weight excluding hydrogens is 325 g/mol. The quantitative estimate of drug-likeness (QED) is 0.795. The number of hydrogen-bond acceptors (Lipinski definition) is 3. The third kappa shape index (κ3) is 4.47. The van der Waals surface area contributed by atoms with Gasteiger partial charge in [-0.1, -0.05) is 18.2 Å². The van der Waals surface area contributed by atoms with Crippen LogP contribution in [-0.2, 0) is 14.3 Å². The van der Waals surface area contributed by atoms with Gasteiger partial charge in [-0.3, -0.25) is 9.59 Å². The van der Waals surface area contributed by atoms with Crippen molar-refractivity contribution in [1.29, 1.82) is 0 Å². The lowest BCUT2D eigenvalue weighted by molar-refractivity contribution is -0.178. The van der Waals surface area contributed by atoms with E-state index in [2.05, 4.69) is 4.74 Å². The number of amides is 2. The SMILES string of the molecule is CCN(C(=O)COCC(F)(F)F)[C@H]1CCN(c2ccccc2)C1=O. The maximum absolute atomic E-state index is 12.6. The molecule has 0 aliphatic carbocycles. The summed E-state index contributed by atoms with van der Waals surface area (Å²) in [5.74, 6) is -0.845. The topological polar surface area (TPSA) is 49.9 Å². The Kier molecular flexibility index (Phi) is 5.82. The van der Waals surface area contributed by atoms with Gasteiger partial charge in [0.15, 0.2) is 0 Å². The summed E-state index contributed by atoms with van der Waals surface area (Å²) in [6.45, 7) is 0.196. The molecule has 0 aromatic heterocycles. The van der Waals surface area contributed by atoms with Gasteiger partial charge in [0, 0.05) is 18.8 Å². The summed E-state index contributed by atoms with van der Waals surface area (Å²) in [6.07, 6.45) is -4.04. The number of nitrogens with zero attached hydrogens (tertiary/aromatic N) is 2. The standard InChI is InChI=1S/C16H19F3N2O3/c1-2-20(14(22)10-24-11-16(17,18)19)13-8-9-21(15(13)23)12-6-4-3-5-7-12/h3-7,13H,2,8-11H2,1H3/t13-/m0/s1. The number of halogens is 3. The molecule has 0 N–H and O–H groups in total. The Hall–Kier alpha value is -2.09. The Morgan fingerprint density at radius 1 is 1.33 bits per heavy atom. The largest absolute Gasteiger partial charge is 0.411 e. The van der Waals surface area contributed by atoms with Crippen LogP contribution in [0.4, 0.5) is 18.9 Å². The number of ether oxygens (including phenoxy) is 1. The molecular formula is C16H19F3N2O3. The predicted octanol–water partition coefficient (Wildman–Crippen LogP) is 2.22. The lowest BCUT2D eigenvalue weighted by Crippen LogP contribution is -2.46. The van der Waals surface area contributed by atoms with Crippen molar-refractivity contribution in [2.24, 2.45) is 0 Å². The van der Waals surface area contributed by atoms with Crippen LogP contribution in [0.1, 0.15) is 13.3 Å². The van der Waals surface area contributed by atoms with Crippen molar-refractivity contribution in [2.75, 3.05) is 31.2 Å². The minimum atomic E-state index is -4.48. The second-order valence-electron chi connectivity index (χ2n) is 5.42. The fraction of sp³-hybridized carbons (Fsp3) is 0.500. The Labute approximate surface area is 138 Å². The third-order valence-corrected chi connectivity index (χ3v) is 3.77. The Morgan fingerprint density at radius 2 is 2.00 bits per heavy atom. The normalized spacial score (nSPS) is 18.1. The van der Waals surface area contributed by atoms with Gasteiger partial charge in [0.25, 0.3) is 0 Å². The molecule has 8 heteroatoms. The van der Waals surface area contributed by atoms with Crippen LogP contribution in [0.25, 0.3) is 0 Å². The van der Waals surface area contributed by atoms with Crippen molar-refractivity contribution in [3.8, 4) is 0 Å². The molecule has 132 valence electrons. The second-order valence-corrected chi connectivity index (χ2v) is 5.42. The van der Waals surface area contributed by atoms with Crippen molar-refractivity contribution >= 4 is 17.5 Å². The number of hydrogen-bond donors (Lipinski definition) is 0. The van der Waals surface area contributed by atoms with E-state index in [0.29, 0.717) is 13.0 Å². The van der Waals surface area contributed by atoms with Gasteiger partial charge in [-0.25, -0.2) is 0 Å². The molecule has 2 amide bonds. The number of likely N-dealkylation sites (N-methyl/N-ethyl adjacent to an activating group) is 1. The number of carbonyl (C=O) groups excluding carboxylic acids is 2. The number of para-hydroxylation sites is 1. The van der Waals surface area contributed by atoms with E-state index in [4.69, 9.17) is 0 Å². The summed E-state index contributed by atoms with van der Waals surface area (Å²) in [6, 6.07) is 8.38. The first kappa shape index (κ1) is 18.3. The second kappa shape index (κ2) is 7.65. The average molecular weight is 344 g/mol. The lowest BCUT2D eigenvalue weighted by atomic mass is 10.2. The number of rotatable bonds is 6. The van der Waals surface area contributed by atoms with Crippen LogP contribution in [0, 0.1) is 0 Å². The van der Waals surface area contributed by atoms with Gasteiger partial charge in [0.2, 0.25) is 11.8 Å². The molecule has 0 spiro atoms. The molecule has 0 saturated carbocycles. The zero-order valence-corrected chi connectivity index (χ0v) is 13.3. The van der Waals surface area contributed by atoms with E-state index in [1.165, 1.54) is 4.90 Å². The Balaban J connectivity index is 1.98. The van der Waals surface area contributed by atoms with Gasteiger partial charge in [-0.15, -0.1) is 0 Å². The molecule has 1 aromatic carbocycles. The highest BCUT2D eigenvalue weighted by Gasteiger charge is 2.38. The van der Waals surface area contributed by atoms with Crippen LogP contribution >= 0.6 is 0 Å². The minimum absolute atomic E-state index is 0.229. The van der Waals surface area contributed by atoms with E-state index >= 15 is 0 Å². The summed E-state index contributed by atoms with van der Waals surface area (Å²) >= 11 is 0. The zero-order chi connectivity index (χ0) is 17.7. The van der Waals surface area contributed by atoms with E-state index < -0.39 is 31.3 Å². The molecule has 1 heterocycles. The molecule has 0 radical (unpaired) electrons. The van der Waals surface area contributed by atoms with Crippen LogP contribution in [-0.4, -0.2) is 55.2 Å². The molecule has 1 saturated heterocycles.